The first kappa shape index (κ1) is 16.2. The molecule has 0 aromatic carbocycles. The van der Waals surface area contributed by atoms with Crippen molar-refractivity contribution in [3.05, 3.63) is 0 Å². The zero-order valence-electron chi connectivity index (χ0n) is 13.6. The fourth-order valence-corrected chi connectivity index (χ4v) is 3.86. The molecule has 1 saturated carbocycles. The first-order chi connectivity index (χ1) is 9.03. The van der Waals surface area contributed by atoms with Crippen molar-refractivity contribution in [3.63, 3.8) is 0 Å². The molecule has 1 saturated heterocycles. The lowest BCUT2D eigenvalue weighted by Crippen LogP contribution is -2.63. The molecule has 0 aromatic rings. The Kier molecular flexibility index (Phi) is 4.27. The molecule has 118 valence electrons. The first-order valence-corrected chi connectivity index (χ1v) is 9.39. The number of nitrogens with zero attached hydrogens (tertiary/aromatic N) is 1. The highest BCUT2D eigenvalue weighted by atomic mass is 32.2. The van der Waals surface area contributed by atoms with Crippen molar-refractivity contribution in [2.24, 2.45) is 5.92 Å². The Labute approximate surface area is 124 Å². The summed E-state index contributed by atoms with van der Waals surface area (Å²) in [7, 11) is -3.03. The van der Waals surface area contributed by atoms with E-state index in [1.807, 2.05) is 0 Å². The molecule has 0 radical (unpaired) electrons. The molecule has 20 heavy (non-hydrogen) atoms. The predicted octanol–water partition coefficient (Wildman–Crippen LogP) is 1.66. The molecule has 1 N–H and O–H groups in total. The molecule has 0 bridgehead atoms. The van der Waals surface area contributed by atoms with Gasteiger partial charge in [-0.05, 0) is 53.4 Å². The van der Waals surface area contributed by atoms with Crippen LogP contribution in [-0.4, -0.2) is 55.0 Å². The topological polar surface area (TPSA) is 49.4 Å². The Hall–Kier alpha value is -0.130. The van der Waals surface area contributed by atoms with Crippen molar-refractivity contribution < 1.29 is 8.42 Å². The van der Waals surface area contributed by atoms with Gasteiger partial charge in [-0.3, -0.25) is 4.90 Å². The van der Waals surface area contributed by atoms with Gasteiger partial charge in [0.25, 0.3) is 0 Å². The fourth-order valence-electron chi connectivity index (χ4n) is 2.79. The van der Waals surface area contributed by atoms with Crippen LogP contribution in [-0.2, 0) is 9.84 Å². The third-order valence-electron chi connectivity index (χ3n) is 4.82. The van der Waals surface area contributed by atoms with Crippen molar-refractivity contribution in [2.75, 3.05) is 25.4 Å². The molecule has 0 aromatic heterocycles. The van der Waals surface area contributed by atoms with Gasteiger partial charge in [0.1, 0.15) is 0 Å². The van der Waals surface area contributed by atoms with Crippen LogP contribution < -0.4 is 5.32 Å². The second kappa shape index (κ2) is 5.25. The smallest absolute Gasteiger partial charge is 0.156 e. The lowest BCUT2D eigenvalue weighted by atomic mass is 9.96. The van der Waals surface area contributed by atoms with E-state index in [1.54, 1.807) is 20.8 Å². The SMILES string of the molecule is CC1(C)CNC(C2CC2)CN1CCS(=O)(=O)C(C)(C)C. The van der Waals surface area contributed by atoms with Gasteiger partial charge in [-0.2, -0.15) is 0 Å². The molecule has 1 heterocycles. The summed E-state index contributed by atoms with van der Waals surface area (Å²) >= 11 is 0. The minimum absolute atomic E-state index is 0.0405. The van der Waals surface area contributed by atoms with E-state index in [9.17, 15) is 8.42 Å². The van der Waals surface area contributed by atoms with Crippen molar-refractivity contribution >= 4 is 9.84 Å². The normalized spacial score (nSPS) is 28.6. The molecule has 0 amide bonds. The van der Waals surface area contributed by atoms with Gasteiger partial charge < -0.3 is 5.32 Å². The molecule has 1 aliphatic heterocycles. The summed E-state index contributed by atoms with van der Waals surface area (Å²) in [5.74, 6) is 1.07. The molecule has 2 rings (SSSR count). The minimum atomic E-state index is -3.03. The number of nitrogens with one attached hydrogen (secondary N) is 1. The predicted molar refractivity (Wildman–Crippen MR) is 83.7 cm³/mol. The summed E-state index contributed by atoms with van der Waals surface area (Å²) < 4.78 is 23.9. The van der Waals surface area contributed by atoms with Crippen LogP contribution in [0.15, 0.2) is 0 Å². The highest BCUT2D eigenvalue weighted by molar-refractivity contribution is 7.92. The van der Waals surface area contributed by atoms with Crippen LogP contribution in [0.25, 0.3) is 0 Å². The summed E-state index contributed by atoms with van der Waals surface area (Å²) in [5.41, 5.74) is 0.0405. The summed E-state index contributed by atoms with van der Waals surface area (Å²) in [6.07, 6.45) is 2.65. The van der Waals surface area contributed by atoms with Crippen LogP contribution in [0.5, 0.6) is 0 Å². The lowest BCUT2D eigenvalue weighted by molar-refractivity contribution is 0.0669. The van der Waals surface area contributed by atoms with Crippen LogP contribution in [0.2, 0.25) is 0 Å². The molecular formula is C15H30N2O2S. The van der Waals surface area contributed by atoms with Crippen LogP contribution in [0.1, 0.15) is 47.5 Å². The van der Waals surface area contributed by atoms with Gasteiger partial charge in [0.2, 0.25) is 0 Å². The Morgan fingerprint density at radius 1 is 1.25 bits per heavy atom. The fraction of sp³-hybridized carbons (Fsp3) is 1.00. The van der Waals surface area contributed by atoms with Gasteiger partial charge in [-0.1, -0.05) is 0 Å². The molecule has 2 aliphatic rings. The molecule has 1 atom stereocenters. The average molecular weight is 302 g/mol. The van der Waals surface area contributed by atoms with E-state index in [4.69, 9.17) is 0 Å². The van der Waals surface area contributed by atoms with Gasteiger partial charge in [0.15, 0.2) is 9.84 Å². The van der Waals surface area contributed by atoms with Crippen molar-refractivity contribution in [1.29, 1.82) is 0 Å². The minimum Gasteiger partial charge on any atom is -0.311 e. The zero-order chi connectivity index (χ0) is 15.2. The van der Waals surface area contributed by atoms with Crippen LogP contribution in [0, 0.1) is 5.92 Å². The third kappa shape index (κ3) is 3.55. The quantitative estimate of drug-likeness (QED) is 0.858. The van der Waals surface area contributed by atoms with Gasteiger partial charge in [-0.25, -0.2) is 8.42 Å². The van der Waals surface area contributed by atoms with Crippen LogP contribution >= 0.6 is 0 Å². The standard InChI is InChI=1S/C15H30N2O2S/c1-14(2,3)20(18,19)9-8-17-10-13(12-6-7-12)16-11-15(17,4)5/h12-13,16H,6-11H2,1-5H3. The maximum Gasteiger partial charge on any atom is 0.156 e. The Morgan fingerprint density at radius 2 is 1.85 bits per heavy atom. The summed E-state index contributed by atoms with van der Waals surface area (Å²) in [6.45, 7) is 12.4. The van der Waals surface area contributed by atoms with E-state index in [0.717, 1.165) is 19.0 Å². The van der Waals surface area contributed by atoms with Gasteiger partial charge >= 0.3 is 0 Å². The van der Waals surface area contributed by atoms with E-state index < -0.39 is 14.6 Å². The molecule has 1 unspecified atom stereocenters. The summed E-state index contributed by atoms with van der Waals surface area (Å²) in [4.78, 5) is 2.37. The molecule has 0 spiro atoms. The second-order valence-electron chi connectivity index (χ2n) is 8.01. The number of piperazine rings is 1. The van der Waals surface area contributed by atoms with Crippen molar-refractivity contribution in [1.82, 2.24) is 10.2 Å². The number of sulfone groups is 1. The second-order valence-corrected chi connectivity index (χ2v) is 10.9. The van der Waals surface area contributed by atoms with Crippen LogP contribution in [0.3, 0.4) is 0 Å². The molecule has 4 nitrogen and oxygen atoms in total. The van der Waals surface area contributed by atoms with E-state index in [-0.39, 0.29) is 11.3 Å². The lowest BCUT2D eigenvalue weighted by Gasteiger charge is -2.46. The van der Waals surface area contributed by atoms with E-state index in [1.165, 1.54) is 12.8 Å². The highest BCUT2D eigenvalue weighted by Crippen LogP contribution is 2.35. The third-order valence-corrected chi connectivity index (χ3v) is 7.41. The summed E-state index contributed by atoms with van der Waals surface area (Å²) in [5, 5.41) is 3.64. The zero-order valence-corrected chi connectivity index (χ0v) is 14.4. The number of rotatable bonds is 4. The van der Waals surface area contributed by atoms with E-state index in [2.05, 4.69) is 24.1 Å². The Morgan fingerprint density at radius 3 is 2.35 bits per heavy atom. The van der Waals surface area contributed by atoms with Crippen molar-refractivity contribution in [3.8, 4) is 0 Å². The largest absolute Gasteiger partial charge is 0.311 e. The molecule has 1 aliphatic carbocycles. The van der Waals surface area contributed by atoms with E-state index >= 15 is 0 Å². The first-order valence-electron chi connectivity index (χ1n) is 7.74. The Balaban J connectivity index is 1.98. The molecule has 5 heteroatoms. The van der Waals surface area contributed by atoms with Crippen molar-refractivity contribution in [2.45, 2.75) is 63.8 Å². The molecule has 2 fully saturated rings. The summed E-state index contributed by atoms with van der Waals surface area (Å²) in [6, 6.07) is 0.556. The molecular weight excluding hydrogens is 272 g/mol. The number of hydrogen-bond donors (Lipinski definition) is 1. The van der Waals surface area contributed by atoms with Gasteiger partial charge in [0, 0.05) is 31.2 Å². The number of hydrogen-bond acceptors (Lipinski definition) is 4. The van der Waals surface area contributed by atoms with Gasteiger partial charge in [0.05, 0.1) is 10.5 Å². The maximum atomic E-state index is 12.3. The highest BCUT2D eigenvalue weighted by Gasteiger charge is 2.41. The van der Waals surface area contributed by atoms with Gasteiger partial charge in [-0.15, -0.1) is 0 Å². The average Bonchev–Trinajstić information content (AvgIpc) is 3.09. The van der Waals surface area contributed by atoms with Crippen LogP contribution in [0.4, 0.5) is 0 Å². The maximum absolute atomic E-state index is 12.3. The van der Waals surface area contributed by atoms with E-state index in [0.29, 0.717) is 12.6 Å². The Bertz CT molecular complexity index is 447. The monoisotopic (exact) mass is 302 g/mol.